The van der Waals surface area contributed by atoms with E-state index in [2.05, 4.69) is 32.6 Å². The minimum atomic E-state index is 0.319. The number of hydrogen-bond donors (Lipinski definition) is 0. The van der Waals surface area contributed by atoms with Crippen molar-refractivity contribution in [3.63, 3.8) is 0 Å². The Morgan fingerprint density at radius 2 is 1.93 bits per heavy atom. The van der Waals surface area contributed by atoms with Crippen molar-refractivity contribution < 1.29 is 4.74 Å². The second-order valence-corrected chi connectivity index (χ2v) is 3.93. The largest absolute Gasteiger partial charge is 0.499 e. The predicted octanol–water partition coefficient (Wildman–Crippen LogP) is 3.05. The van der Waals surface area contributed by atoms with Gasteiger partial charge in [-0.25, -0.2) is 0 Å². The lowest BCUT2D eigenvalue weighted by atomic mass is 10.2. The molecule has 0 aromatic rings. The van der Waals surface area contributed by atoms with E-state index in [1.165, 1.54) is 0 Å². The molecule has 0 aromatic heterocycles. The van der Waals surface area contributed by atoms with Gasteiger partial charge in [-0.05, 0) is 40.7 Å². The molecule has 0 rings (SSSR count). The van der Waals surface area contributed by atoms with Crippen LogP contribution in [0, 0.1) is 0 Å². The van der Waals surface area contributed by atoms with Gasteiger partial charge in [-0.15, -0.1) is 0 Å². The monoisotopic (exact) mass is 199 g/mol. The Morgan fingerprint density at radius 1 is 1.29 bits per heavy atom. The Labute approximate surface area is 88.9 Å². The molecular formula is C12H25NO. The van der Waals surface area contributed by atoms with E-state index < -0.39 is 0 Å². The summed E-state index contributed by atoms with van der Waals surface area (Å²) in [5.74, 6) is 0. The summed E-state index contributed by atoms with van der Waals surface area (Å²) in [6.07, 6.45) is 5.11. The predicted molar refractivity (Wildman–Crippen MR) is 62.4 cm³/mol. The van der Waals surface area contributed by atoms with Crippen LogP contribution in [0.25, 0.3) is 0 Å². The van der Waals surface area contributed by atoms with E-state index in [1.54, 1.807) is 6.26 Å². The highest BCUT2D eigenvalue weighted by molar-refractivity contribution is 4.69. The third-order valence-corrected chi connectivity index (χ3v) is 2.41. The highest BCUT2D eigenvalue weighted by atomic mass is 16.5. The summed E-state index contributed by atoms with van der Waals surface area (Å²) in [5.41, 5.74) is 0. The van der Waals surface area contributed by atoms with Gasteiger partial charge in [-0.3, -0.25) is 0 Å². The molecule has 1 unspecified atom stereocenters. The van der Waals surface area contributed by atoms with Crippen LogP contribution in [-0.2, 0) is 4.74 Å². The summed E-state index contributed by atoms with van der Waals surface area (Å²) in [4.78, 5) is 2.45. The molecule has 0 bridgehead atoms. The van der Waals surface area contributed by atoms with Gasteiger partial charge in [-0.1, -0.05) is 13.0 Å². The maximum absolute atomic E-state index is 5.46. The summed E-state index contributed by atoms with van der Waals surface area (Å²) in [6.45, 7) is 13.0. The molecule has 0 saturated carbocycles. The number of allylic oxidation sites excluding steroid dienone is 1. The van der Waals surface area contributed by atoms with E-state index in [4.69, 9.17) is 4.74 Å². The van der Waals surface area contributed by atoms with Crippen LogP contribution in [-0.4, -0.2) is 30.1 Å². The molecule has 2 nitrogen and oxygen atoms in total. The van der Waals surface area contributed by atoms with Crippen molar-refractivity contribution in [2.75, 3.05) is 13.1 Å². The van der Waals surface area contributed by atoms with Crippen molar-refractivity contribution in [2.24, 2.45) is 0 Å². The molecule has 0 aliphatic carbocycles. The van der Waals surface area contributed by atoms with E-state index in [0.717, 1.165) is 19.5 Å². The fraction of sp³-hybridized carbons (Fsp3) is 0.833. The zero-order chi connectivity index (χ0) is 11.0. The standard InChI is InChI=1S/C12H25NO/c1-6-10-14-12(5)8-9-13(7-2)11(3)4/h6,10-12H,7-9H2,1-5H3. The minimum absolute atomic E-state index is 0.319. The first kappa shape index (κ1) is 13.5. The molecule has 0 fully saturated rings. The van der Waals surface area contributed by atoms with Gasteiger partial charge >= 0.3 is 0 Å². The minimum Gasteiger partial charge on any atom is -0.499 e. The average molecular weight is 199 g/mol. The number of nitrogens with zero attached hydrogens (tertiary/aromatic N) is 1. The van der Waals surface area contributed by atoms with Crippen LogP contribution in [0.2, 0.25) is 0 Å². The Hall–Kier alpha value is -0.500. The molecule has 0 heterocycles. The molecule has 0 aliphatic rings. The zero-order valence-corrected chi connectivity index (χ0v) is 10.3. The van der Waals surface area contributed by atoms with E-state index in [0.29, 0.717) is 12.1 Å². The number of rotatable bonds is 7. The van der Waals surface area contributed by atoms with Gasteiger partial charge < -0.3 is 9.64 Å². The maximum atomic E-state index is 5.46. The first-order chi connectivity index (χ1) is 6.61. The van der Waals surface area contributed by atoms with Crippen molar-refractivity contribution in [1.82, 2.24) is 4.90 Å². The SMILES string of the molecule is CC=COC(C)CCN(CC)C(C)C. The molecule has 14 heavy (non-hydrogen) atoms. The molecule has 0 aliphatic heterocycles. The van der Waals surface area contributed by atoms with Crippen LogP contribution in [0.3, 0.4) is 0 Å². The summed E-state index contributed by atoms with van der Waals surface area (Å²) in [7, 11) is 0. The molecule has 0 aromatic carbocycles. The topological polar surface area (TPSA) is 12.5 Å². The van der Waals surface area contributed by atoms with Gasteiger partial charge in [0.2, 0.25) is 0 Å². The second kappa shape index (κ2) is 7.86. The molecule has 2 heteroatoms. The first-order valence-electron chi connectivity index (χ1n) is 5.62. The van der Waals surface area contributed by atoms with Crippen LogP contribution in [0.15, 0.2) is 12.3 Å². The van der Waals surface area contributed by atoms with Crippen molar-refractivity contribution in [1.29, 1.82) is 0 Å². The van der Waals surface area contributed by atoms with E-state index in [1.807, 2.05) is 13.0 Å². The molecule has 0 radical (unpaired) electrons. The third kappa shape index (κ3) is 6.03. The van der Waals surface area contributed by atoms with E-state index in [-0.39, 0.29) is 0 Å². The Balaban J connectivity index is 3.67. The van der Waals surface area contributed by atoms with Crippen molar-refractivity contribution in [2.45, 2.75) is 53.2 Å². The second-order valence-electron chi connectivity index (χ2n) is 3.93. The lowest BCUT2D eigenvalue weighted by Crippen LogP contribution is -2.33. The highest BCUT2D eigenvalue weighted by Crippen LogP contribution is 2.04. The lowest BCUT2D eigenvalue weighted by molar-refractivity contribution is 0.125. The van der Waals surface area contributed by atoms with Gasteiger partial charge in [0.1, 0.15) is 0 Å². The van der Waals surface area contributed by atoms with Gasteiger partial charge in [0.15, 0.2) is 0 Å². The smallest absolute Gasteiger partial charge is 0.0962 e. The van der Waals surface area contributed by atoms with Crippen molar-refractivity contribution >= 4 is 0 Å². The van der Waals surface area contributed by atoms with Crippen LogP contribution in [0.1, 0.15) is 41.0 Å². The molecule has 0 N–H and O–H groups in total. The lowest BCUT2D eigenvalue weighted by Gasteiger charge is -2.25. The summed E-state index contributed by atoms with van der Waals surface area (Å²) in [5, 5.41) is 0. The number of hydrogen-bond acceptors (Lipinski definition) is 2. The third-order valence-electron chi connectivity index (χ3n) is 2.41. The zero-order valence-electron chi connectivity index (χ0n) is 10.3. The Morgan fingerprint density at radius 3 is 2.36 bits per heavy atom. The van der Waals surface area contributed by atoms with Crippen LogP contribution < -0.4 is 0 Å². The van der Waals surface area contributed by atoms with Gasteiger partial charge in [0, 0.05) is 12.6 Å². The summed E-state index contributed by atoms with van der Waals surface area (Å²) < 4.78 is 5.46. The van der Waals surface area contributed by atoms with Crippen LogP contribution in [0.4, 0.5) is 0 Å². The molecule has 0 amide bonds. The van der Waals surface area contributed by atoms with Gasteiger partial charge in [0.25, 0.3) is 0 Å². The maximum Gasteiger partial charge on any atom is 0.0962 e. The molecule has 0 saturated heterocycles. The van der Waals surface area contributed by atoms with Crippen LogP contribution >= 0.6 is 0 Å². The summed E-state index contributed by atoms with van der Waals surface area (Å²) in [6, 6.07) is 0.633. The summed E-state index contributed by atoms with van der Waals surface area (Å²) >= 11 is 0. The average Bonchev–Trinajstić information content (AvgIpc) is 2.15. The number of ether oxygens (including phenoxy) is 1. The normalized spacial score (nSPS) is 14.2. The molecule has 1 atom stereocenters. The fourth-order valence-corrected chi connectivity index (χ4v) is 1.41. The fourth-order valence-electron chi connectivity index (χ4n) is 1.41. The molecule has 0 spiro atoms. The van der Waals surface area contributed by atoms with Crippen LogP contribution in [0.5, 0.6) is 0 Å². The quantitative estimate of drug-likeness (QED) is 0.584. The van der Waals surface area contributed by atoms with Crippen molar-refractivity contribution in [3.8, 4) is 0 Å². The van der Waals surface area contributed by atoms with E-state index in [9.17, 15) is 0 Å². The Kier molecular flexibility index (Phi) is 7.58. The van der Waals surface area contributed by atoms with Crippen molar-refractivity contribution in [3.05, 3.63) is 12.3 Å². The van der Waals surface area contributed by atoms with Gasteiger partial charge in [0.05, 0.1) is 12.4 Å². The first-order valence-corrected chi connectivity index (χ1v) is 5.62. The Bertz CT molecular complexity index is 154. The molecule has 84 valence electrons. The van der Waals surface area contributed by atoms with E-state index >= 15 is 0 Å². The highest BCUT2D eigenvalue weighted by Gasteiger charge is 2.08. The van der Waals surface area contributed by atoms with Gasteiger partial charge in [-0.2, -0.15) is 0 Å². The molecular weight excluding hydrogens is 174 g/mol.